The smallest absolute Gasteiger partial charge is 0.328 e. The summed E-state index contributed by atoms with van der Waals surface area (Å²) in [6.07, 6.45) is 4.90. The van der Waals surface area contributed by atoms with E-state index in [0.717, 1.165) is 37.6 Å². The first-order chi connectivity index (χ1) is 29.6. The second kappa shape index (κ2) is 39.0. The SMILES string of the molecule is CC(O)C(=O)SC[C@H](NC(=O)CC[C@H](N)C(=O)O)C(=O)NCC(=O)O.NC(CCCC(=O)O)C(=O)O.NCCCCCN.N[C@@H](CS(=O)(=O)O)C(=O)O.O=C(O)C=Cc1ccccc1. The Hall–Kier alpha value is -5.59. The van der Waals surface area contributed by atoms with Crippen molar-refractivity contribution in [1.82, 2.24) is 10.6 Å². The highest BCUT2D eigenvalue weighted by Crippen LogP contribution is 2.09. The minimum atomic E-state index is -4.27. The van der Waals surface area contributed by atoms with Crippen LogP contribution in [-0.2, 0) is 53.3 Å². The summed E-state index contributed by atoms with van der Waals surface area (Å²) in [6, 6.07) is 4.33. The van der Waals surface area contributed by atoms with E-state index in [1.54, 1.807) is 6.08 Å². The topological polar surface area (TPSA) is 504 Å². The maximum absolute atomic E-state index is 11.9. The number of hydrogen-bond acceptors (Lipinski definition) is 18. The van der Waals surface area contributed by atoms with Crippen LogP contribution in [0.15, 0.2) is 36.4 Å². The number of nitrogens with one attached hydrogen (secondary N) is 2. The molecule has 0 fully saturated rings. The van der Waals surface area contributed by atoms with Crippen LogP contribution in [0.2, 0.25) is 0 Å². The number of rotatable bonds is 25. The maximum atomic E-state index is 11.9. The number of carboxylic acids is 6. The molecule has 64 heavy (non-hydrogen) atoms. The quantitative estimate of drug-likeness (QED) is 0.0269. The molecular formula is C36H61N7O19S2. The van der Waals surface area contributed by atoms with Crippen LogP contribution in [0.4, 0.5) is 0 Å². The molecule has 0 aliphatic heterocycles. The Balaban J connectivity index is -0.000000385. The normalized spacial score (nSPS) is 12.7. The summed E-state index contributed by atoms with van der Waals surface area (Å²) in [4.78, 5) is 96.2. The molecule has 5 atom stereocenters. The molecule has 0 heterocycles. The molecule has 0 aromatic heterocycles. The van der Waals surface area contributed by atoms with Crippen molar-refractivity contribution < 1.29 is 91.9 Å². The third-order valence-electron chi connectivity index (χ3n) is 6.86. The fraction of sp³-hybridized carbons (Fsp3) is 0.528. The molecule has 0 saturated heterocycles. The summed E-state index contributed by atoms with van der Waals surface area (Å²) in [5.74, 6) is -9.67. The largest absolute Gasteiger partial charge is 0.481 e. The number of nitrogens with two attached hydrogens (primary N) is 5. The molecule has 0 aliphatic rings. The predicted molar refractivity (Wildman–Crippen MR) is 231 cm³/mol. The third kappa shape index (κ3) is 45.9. The number of aliphatic hydroxyl groups excluding tert-OH is 1. The number of aliphatic carboxylic acids is 6. The van der Waals surface area contributed by atoms with Gasteiger partial charge in [-0.2, -0.15) is 8.42 Å². The van der Waals surface area contributed by atoms with E-state index in [1.165, 1.54) is 13.3 Å². The highest BCUT2D eigenvalue weighted by molar-refractivity contribution is 8.13. The summed E-state index contributed by atoms with van der Waals surface area (Å²) in [6.45, 7) is 2.17. The van der Waals surface area contributed by atoms with Gasteiger partial charge >= 0.3 is 35.8 Å². The molecule has 28 heteroatoms. The Morgan fingerprint density at radius 1 is 0.719 bits per heavy atom. The second-order valence-electron chi connectivity index (χ2n) is 12.7. The fourth-order valence-electron chi connectivity index (χ4n) is 3.52. The van der Waals surface area contributed by atoms with E-state index in [-0.39, 0.29) is 31.4 Å². The van der Waals surface area contributed by atoms with Gasteiger partial charge in [0, 0.05) is 24.7 Å². The number of amides is 2. The number of carbonyl (C=O) groups excluding carboxylic acids is 3. The molecule has 20 N–H and O–H groups in total. The van der Waals surface area contributed by atoms with Gasteiger partial charge < -0.3 is 75.0 Å². The number of thioether (sulfide) groups is 1. The second-order valence-corrected chi connectivity index (χ2v) is 15.2. The van der Waals surface area contributed by atoms with Crippen LogP contribution in [-0.4, -0.2) is 163 Å². The first-order valence-corrected chi connectivity index (χ1v) is 21.3. The van der Waals surface area contributed by atoms with Gasteiger partial charge in [0.05, 0.1) is 0 Å². The lowest BCUT2D eigenvalue weighted by atomic mass is 10.1. The van der Waals surface area contributed by atoms with E-state index in [4.69, 9.17) is 69.0 Å². The number of carbonyl (C=O) groups is 9. The van der Waals surface area contributed by atoms with Crippen LogP contribution in [0, 0.1) is 0 Å². The summed E-state index contributed by atoms with van der Waals surface area (Å²) < 4.78 is 28.0. The average molecular weight is 960 g/mol. The summed E-state index contributed by atoms with van der Waals surface area (Å²) >= 11 is 0.596. The summed E-state index contributed by atoms with van der Waals surface area (Å²) in [5.41, 5.74) is 26.5. The zero-order valence-corrected chi connectivity index (χ0v) is 36.5. The molecule has 0 saturated carbocycles. The summed E-state index contributed by atoms with van der Waals surface area (Å²) in [7, 11) is -4.27. The van der Waals surface area contributed by atoms with Crippen molar-refractivity contribution in [3.05, 3.63) is 42.0 Å². The third-order valence-corrected chi connectivity index (χ3v) is 8.76. The molecule has 0 aliphatic carbocycles. The van der Waals surface area contributed by atoms with E-state index in [0.29, 0.717) is 18.2 Å². The first kappa shape index (κ1) is 65.0. The van der Waals surface area contributed by atoms with E-state index in [2.05, 4.69) is 10.6 Å². The predicted octanol–water partition coefficient (Wildman–Crippen LogP) is -2.70. The van der Waals surface area contributed by atoms with E-state index in [9.17, 15) is 51.6 Å². The minimum Gasteiger partial charge on any atom is -0.481 e. The van der Waals surface area contributed by atoms with Gasteiger partial charge in [-0.05, 0) is 63.8 Å². The van der Waals surface area contributed by atoms with Crippen molar-refractivity contribution in [2.45, 2.75) is 88.6 Å². The van der Waals surface area contributed by atoms with Crippen LogP contribution in [0.3, 0.4) is 0 Å². The van der Waals surface area contributed by atoms with Crippen LogP contribution in [0.1, 0.15) is 63.9 Å². The van der Waals surface area contributed by atoms with Crippen LogP contribution in [0.5, 0.6) is 0 Å². The zero-order valence-electron chi connectivity index (χ0n) is 34.9. The highest BCUT2D eigenvalue weighted by Gasteiger charge is 2.24. The average Bonchev–Trinajstić information content (AvgIpc) is 3.20. The zero-order chi connectivity index (χ0) is 50.4. The van der Waals surface area contributed by atoms with Crippen LogP contribution >= 0.6 is 11.8 Å². The summed E-state index contributed by atoms with van der Waals surface area (Å²) in [5, 5.41) is 62.8. The maximum Gasteiger partial charge on any atom is 0.328 e. The van der Waals surface area contributed by atoms with Crippen molar-refractivity contribution in [3.8, 4) is 0 Å². The molecule has 2 amide bonds. The van der Waals surface area contributed by atoms with Crippen LogP contribution in [0.25, 0.3) is 6.08 Å². The number of hydrogen-bond donors (Lipinski definition) is 15. The van der Waals surface area contributed by atoms with Gasteiger partial charge in [0.1, 0.15) is 42.6 Å². The standard InChI is InChI=1S/C13H21N3O8S.C9H8O2.C6H11NO4.C5H14N2.C3H7NO5S/c1-6(17)13(24)25-5-8(11(21)15-4-10(19)20)16-9(18)3-2-7(14)12(22)23;10-9(11)7-6-8-4-2-1-3-5-8;7-4(6(10)11)2-1-3-5(8)9;6-4-2-1-3-5-7;4-2(3(5)6)1-10(7,8)9/h6-8,17H,2-5,14H2,1H3,(H,15,21)(H,16,18)(H,19,20)(H,22,23);1-7H,(H,10,11);4H,1-3,7H2,(H,8,9)(H,10,11);1-7H2;2H,1,4H2,(H,5,6)(H,7,8,9)/t6?,7-,8-;;;;2-/m0...0/s1. The Morgan fingerprint density at radius 3 is 1.61 bits per heavy atom. The Kier molecular flexibility index (Phi) is 39.7. The number of carboxylic acid groups (broad SMARTS) is 6. The molecule has 26 nitrogen and oxygen atoms in total. The van der Waals surface area contributed by atoms with Crippen molar-refractivity contribution in [2.75, 3.05) is 31.1 Å². The molecule has 1 aromatic rings. The molecule has 0 radical (unpaired) electrons. The molecule has 1 rings (SSSR count). The fourth-order valence-corrected chi connectivity index (χ4v) is 4.93. The van der Waals surface area contributed by atoms with Crippen molar-refractivity contribution in [1.29, 1.82) is 0 Å². The van der Waals surface area contributed by atoms with Crippen LogP contribution < -0.4 is 39.3 Å². The minimum absolute atomic E-state index is 0.0268. The molecule has 0 spiro atoms. The van der Waals surface area contributed by atoms with E-state index < -0.39 is 105 Å². The number of benzene rings is 1. The van der Waals surface area contributed by atoms with Crippen molar-refractivity contribution in [3.63, 3.8) is 0 Å². The molecule has 1 aromatic carbocycles. The molecule has 2 unspecified atom stereocenters. The monoisotopic (exact) mass is 959 g/mol. The van der Waals surface area contributed by atoms with Crippen molar-refractivity contribution in [2.24, 2.45) is 28.7 Å². The molecule has 0 bridgehead atoms. The van der Waals surface area contributed by atoms with Gasteiger partial charge in [0.25, 0.3) is 10.1 Å². The van der Waals surface area contributed by atoms with Gasteiger partial charge in [-0.25, -0.2) is 4.79 Å². The van der Waals surface area contributed by atoms with Gasteiger partial charge in [-0.1, -0.05) is 48.5 Å². The van der Waals surface area contributed by atoms with Gasteiger partial charge in [0.15, 0.2) is 0 Å². The van der Waals surface area contributed by atoms with E-state index in [1.807, 2.05) is 30.3 Å². The number of unbranched alkanes of at least 4 members (excludes halogenated alkanes) is 2. The lowest BCUT2D eigenvalue weighted by molar-refractivity contribution is -0.140. The molecule has 366 valence electrons. The van der Waals surface area contributed by atoms with Gasteiger partial charge in [-0.3, -0.25) is 42.9 Å². The molecular weight excluding hydrogens is 899 g/mol. The Bertz CT molecular complexity index is 1720. The lowest BCUT2D eigenvalue weighted by Crippen LogP contribution is -2.49. The van der Waals surface area contributed by atoms with E-state index >= 15 is 0 Å². The van der Waals surface area contributed by atoms with Crippen molar-refractivity contribution >= 4 is 80.7 Å². The Labute approximate surface area is 372 Å². The lowest BCUT2D eigenvalue weighted by Gasteiger charge is -2.18. The van der Waals surface area contributed by atoms with Gasteiger partial charge in [-0.15, -0.1) is 0 Å². The Morgan fingerprint density at radius 2 is 1.22 bits per heavy atom. The van der Waals surface area contributed by atoms with Gasteiger partial charge in [0.2, 0.25) is 16.9 Å². The highest BCUT2D eigenvalue weighted by atomic mass is 32.2. The first-order valence-electron chi connectivity index (χ1n) is 18.7. The number of aliphatic hydroxyl groups is 1.